The lowest BCUT2D eigenvalue weighted by molar-refractivity contribution is 0.391. The summed E-state index contributed by atoms with van der Waals surface area (Å²) in [6.45, 7) is 5.92. The van der Waals surface area contributed by atoms with Crippen LogP contribution in [0.4, 0.5) is 5.69 Å². The molecule has 0 amide bonds. The van der Waals surface area contributed by atoms with Gasteiger partial charge in [-0.15, -0.1) is 0 Å². The Kier molecular flexibility index (Phi) is 6.13. The van der Waals surface area contributed by atoms with Crippen LogP contribution in [-0.2, 0) is 10.0 Å². The van der Waals surface area contributed by atoms with Crippen LogP contribution < -0.4 is 10.5 Å². The first-order chi connectivity index (χ1) is 9.24. The molecule has 0 spiro atoms. The second-order valence-corrected chi connectivity index (χ2v) is 7.23. The molecule has 1 aromatic carbocycles. The lowest BCUT2D eigenvalue weighted by Gasteiger charge is -2.22. The maximum Gasteiger partial charge on any atom is 0.242 e. The smallest absolute Gasteiger partial charge is 0.242 e. The zero-order valence-electron chi connectivity index (χ0n) is 11.8. The summed E-state index contributed by atoms with van der Waals surface area (Å²) in [6.07, 6.45) is 1.80. The Balaban J connectivity index is 3.09. The van der Waals surface area contributed by atoms with Gasteiger partial charge in [-0.05, 0) is 25.0 Å². The Bertz CT molecular complexity index is 572. The quantitative estimate of drug-likeness (QED) is 0.777. The van der Waals surface area contributed by atoms with Crippen molar-refractivity contribution in [2.75, 3.05) is 5.73 Å². The predicted octanol–water partition coefficient (Wildman–Crippen LogP) is 3.68. The molecule has 0 heterocycles. The van der Waals surface area contributed by atoms with E-state index >= 15 is 0 Å². The largest absolute Gasteiger partial charge is 0.396 e. The van der Waals surface area contributed by atoms with E-state index in [1.54, 1.807) is 0 Å². The molecule has 0 bridgehead atoms. The Labute approximate surface area is 130 Å². The Morgan fingerprint density at radius 2 is 1.80 bits per heavy atom. The number of nitrogen functional groups attached to an aromatic ring is 1. The second-order valence-electron chi connectivity index (χ2n) is 4.76. The maximum absolute atomic E-state index is 12.4. The minimum atomic E-state index is -3.72. The van der Waals surface area contributed by atoms with E-state index in [0.29, 0.717) is 0 Å². The average molecular weight is 339 g/mol. The van der Waals surface area contributed by atoms with E-state index in [4.69, 9.17) is 28.9 Å². The van der Waals surface area contributed by atoms with Gasteiger partial charge in [0.25, 0.3) is 0 Å². The summed E-state index contributed by atoms with van der Waals surface area (Å²) in [5, 5.41) is 0.198. The van der Waals surface area contributed by atoms with Crippen molar-refractivity contribution in [3.05, 3.63) is 22.2 Å². The summed E-state index contributed by atoms with van der Waals surface area (Å²) in [7, 11) is -3.72. The number of sulfonamides is 1. The van der Waals surface area contributed by atoms with Crippen molar-refractivity contribution in [2.45, 2.75) is 44.6 Å². The van der Waals surface area contributed by atoms with E-state index < -0.39 is 10.0 Å². The molecule has 1 aromatic rings. The number of hydrogen-bond donors (Lipinski definition) is 2. The molecule has 1 atom stereocenters. The van der Waals surface area contributed by atoms with Gasteiger partial charge in [0.05, 0.1) is 15.7 Å². The Morgan fingerprint density at radius 3 is 2.30 bits per heavy atom. The molecule has 0 radical (unpaired) electrons. The zero-order valence-corrected chi connectivity index (χ0v) is 14.1. The molecule has 1 unspecified atom stereocenters. The third-order valence-electron chi connectivity index (χ3n) is 3.48. The van der Waals surface area contributed by atoms with Crippen LogP contribution in [0.3, 0.4) is 0 Å². The molecule has 0 aliphatic heterocycles. The number of nitrogens with one attached hydrogen (secondary N) is 1. The van der Waals surface area contributed by atoms with Gasteiger partial charge in [0.1, 0.15) is 4.90 Å². The Hall–Kier alpha value is -0.490. The first-order valence-electron chi connectivity index (χ1n) is 6.50. The van der Waals surface area contributed by atoms with Gasteiger partial charge in [-0.25, -0.2) is 13.1 Å². The number of hydrogen-bond acceptors (Lipinski definition) is 3. The molecule has 0 fully saturated rings. The van der Waals surface area contributed by atoms with E-state index in [1.165, 1.54) is 12.1 Å². The third kappa shape index (κ3) is 3.79. The highest BCUT2D eigenvalue weighted by molar-refractivity contribution is 7.89. The van der Waals surface area contributed by atoms with Gasteiger partial charge >= 0.3 is 0 Å². The van der Waals surface area contributed by atoms with Crippen molar-refractivity contribution >= 4 is 38.9 Å². The summed E-state index contributed by atoms with van der Waals surface area (Å²) in [4.78, 5) is -0.0427. The maximum atomic E-state index is 12.4. The third-order valence-corrected chi connectivity index (χ3v) is 5.93. The lowest BCUT2D eigenvalue weighted by Crippen LogP contribution is -2.37. The minimum Gasteiger partial charge on any atom is -0.396 e. The monoisotopic (exact) mass is 338 g/mol. The van der Waals surface area contributed by atoms with Crippen LogP contribution in [-0.4, -0.2) is 14.5 Å². The van der Waals surface area contributed by atoms with Crippen molar-refractivity contribution in [1.29, 1.82) is 0 Å². The molecule has 20 heavy (non-hydrogen) atoms. The van der Waals surface area contributed by atoms with Crippen LogP contribution in [0.25, 0.3) is 0 Å². The summed E-state index contributed by atoms with van der Waals surface area (Å²) in [6, 6.07) is 2.62. The molecular weight excluding hydrogens is 319 g/mol. The van der Waals surface area contributed by atoms with Gasteiger partial charge in [0.15, 0.2) is 0 Å². The van der Waals surface area contributed by atoms with E-state index in [0.717, 1.165) is 12.8 Å². The van der Waals surface area contributed by atoms with Crippen LogP contribution in [0.5, 0.6) is 0 Å². The van der Waals surface area contributed by atoms with Gasteiger partial charge in [-0.3, -0.25) is 0 Å². The molecule has 4 nitrogen and oxygen atoms in total. The second kappa shape index (κ2) is 6.98. The predicted molar refractivity (Wildman–Crippen MR) is 84.7 cm³/mol. The number of halogens is 2. The number of anilines is 1. The molecule has 0 saturated carbocycles. The SMILES string of the molecule is CCC(CC)C(C)NS(=O)(=O)c1ccc(Cl)c(N)c1Cl. The molecule has 0 aliphatic rings. The van der Waals surface area contributed by atoms with Crippen LogP contribution in [0.2, 0.25) is 10.0 Å². The van der Waals surface area contributed by atoms with Crippen LogP contribution in [0.1, 0.15) is 33.6 Å². The molecule has 114 valence electrons. The lowest BCUT2D eigenvalue weighted by atomic mass is 9.96. The first-order valence-corrected chi connectivity index (χ1v) is 8.74. The Morgan fingerprint density at radius 1 is 1.25 bits per heavy atom. The summed E-state index contributed by atoms with van der Waals surface area (Å²) in [5.41, 5.74) is 5.74. The molecule has 1 rings (SSSR count). The zero-order chi connectivity index (χ0) is 15.5. The van der Waals surface area contributed by atoms with Crippen molar-refractivity contribution in [3.8, 4) is 0 Å². The van der Waals surface area contributed by atoms with Gasteiger partial charge in [0.2, 0.25) is 10.0 Å². The van der Waals surface area contributed by atoms with Gasteiger partial charge < -0.3 is 5.73 Å². The molecule has 7 heteroatoms. The molecule has 0 aromatic heterocycles. The highest BCUT2D eigenvalue weighted by Crippen LogP contribution is 2.33. The van der Waals surface area contributed by atoms with Crippen molar-refractivity contribution in [3.63, 3.8) is 0 Å². The highest BCUT2D eigenvalue weighted by atomic mass is 35.5. The van der Waals surface area contributed by atoms with Gasteiger partial charge in [0, 0.05) is 6.04 Å². The fourth-order valence-electron chi connectivity index (χ4n) is 2.16. The molecule has 0 aliphatic carbocycles. The minimum absolute atomic E-state index is 0.0400. The topological polar surface area (TPSA) is 72.2 Å². The number of benzene rings is 1. The summed E-state index contributed by atoms with van der Waals surface area (Å²) < 4.78 is 27.4. The normalized spacial score (nSPS) is 13.7. The van der Waals surface area contributed by atoms with E-state index in [1.807, 2.05) is 20.8 Å². The number of nitrogens with two attached hydrogens (primary N) is 1. The summed E-state index contributed by atoms with van der Waals surface area (Å²) >= 11 is 11.8. The fraction of sp³-hybridized carbons (Fsp3) is 0.538. The standard InChI is InChI=1S/C13H20Cl2N2O2S/c1-4-9(5-2)8(3)17-20(18,19)11-7-6-10(14)13(16)12(11)15/h6-9,17H,4-5,16H2,1-3H3. The molecular formula is C13H20Cl2N2O2S. The van der Waals surface area contributed by atoms with E-state index in [2.05, 4.69) is 4.72 Å². The average Bonchev–Trinajstić information content (AvgIpc) is 2.36. The summed E-state index contributed by atoms with van der Waals surface area (Å²) in [5.74, 6) is 0.271. The fourth-order valence-corrected chi connectivity index (χ4v) is 4.23. The number of rotatable bonds is 6. The van der Waals surface area contributed by atoms with Crippen molar-refractivity contribution < 1.29 is 8.42 Å². The van der Waals surface area contributed by atoms with Crippen LogP contribution in [0.15, 0.2) is 17.0 Å². The van der Waals surface area contributed by atoms with Crippen LogP contribution in [0, 0.1) is 5.92 Å². The first kappa shape index (κ1) is 17.6. The highest BCUT2D eigenvalue weighted by Gasteiger charge is 2.25. The van der Waals surface area contributed by atoms with E-state index in [9.17, 15) is 8.42 Å². The van der Waals surface area contributed by atoms with Crippen LogP contribution >= 0.6 is 23.2 Å². The molecule has 3 N–H and O–H groups in total. The van der Waals surface area contributed by atoms with Gasteiger partial charge in [-0.1, -0.05) is 49.9 Å². The van der Waals surface area contributed by atoms with Crippen molar-refractivity contribution in [1.82, 2.24) is 4.72 Å². The van der Waals surface area contributed by atoms with Gasteiger partial charge in [-0.2, -0.15) is 0 Å². The van der Waals surface area contributed by atoms with Crippen molar-refractivity contribution in [2.24, 2.45) is 5.92 Å². The molecule has 0 saturated heterocycles. The van der Waals surface area contributed by atoms with E-state index in [-0.39, 0.29) is 32.6 Å².